The Labute approximate surface area is 240 Å². The number of nitrogens with one attached hydrogen (secondary N) is 1. The summed E-state index contributed by atoms with van der Waals surface area (Å²) in [7, 11) is -3.43. The molecule has 2 saturated carbocycles. The normalized spacial score (nSPS) is 19.0. The minimum absolute atomic E-state index is 0.0117. The Balaban J connectivity index is 1.35. The molecule has 0 saturated heterocycles. The zero-order valence-electron chi connectivity index (χ0n) is 22.8. The highest BCUT2D eigenvalue weighted by atomic mass is 35.5. The number of amides is 2. The highest BCUT2D eigenvalue weighted by Gasteiger charge is 2.37. The molecule has 10 heteroatoms. The smallest absolute Gasteiger partial charge is 0.251 e. The van der Waals surface area contributed by atoms with Crippen molar-refractivity contribution in [1.29, 1.82) is 0 Å². The Morgan fingerprint density at radius 3 is 2.60 bits per heavy atom. The lowest BCUT2D eigenvalue weighted by Crippen LogP contribution is -2.42. The highest BCUT2D eigenvalue weighted by molar-refractivity contribution is 7.90. The predicted molar refractivity (Wildman–Crippen MR) is 156 cm³/mol. The number of nitrogens with zero attached hydrogens (tertiary/aromatic N) is 3. The molecule has 2 aliphatic carbocycles. The number of hydrogen-bond acceptors (Lipinski definition) is 5. The summed E-state index contributed by atoms with van der Waals surface area (Å²) in [5.74, 6) is 1.13. The first-order valence-corrected chi connectivity index (χ1v) is 16.1. The fraction of sp³-hybridized carbons (Fsp3) is 0.433. The first-order chi connectivity index (χ1) is 19.1. The average molecular weight is 583 g/mol. The molecule has 0 aliphatic heterocycles. The SMILES string of the molecule is CCC(=O)N(c1ccn(Cc2cccc(C(=O)NCC3CC3)c2)n1)C1CCCC1c1ccc(S(C)(=O)=O)c(Cl)c1. The molecule has 1 heterocycles. The topological polar surface area (TPSA) is 101 Å². The fourth-order valence-electron chi connectivity index (χ4n) is 5.57. The van der Waals surface area contributed by atoms with Crippen molar-refractivity contribution in [1.82, 2.24) is 15.1 Å². The van der Waals surface area contributed by atoms with Crippen molar-refractivity contribution in [2.24, 2.45) is 5.92 Å². The summed E-state index contributed by atoms with van der Waals surface area (Å²) in [4.78, 5) is 27.7. The van der Waals surface area contributed by atoms with Gasteiger partial charge < -0.3 is 5.32 Å². The fourth-order valence-corrected chi connectivity index (χ4v) is 6.90. The lowest BCUT2D eigenvalue weighted by molar-refractivity contribution is -0.118. The second-order valence-corrected chi connectivity index (χ2v) is 13.3. The zero-order chi connectivity index (χ0) is 28.4. The highest BCUT2D eigenvalue weighted by Crippen LogP contribution is 2.41. The maximum absolute atomic E-state index is 13.3. The van der Waals surface area contributed by atoms with E-state index in [2.05, 4.69) is 5.32 Å². The van der Waals surface area contributed by atoms with Crippen molar-refractivity contribution in [3.8, 4) is 0 Å². The molecule has 40 heavy (non-hydrogen) atoms. The Kier molecular flexibility index (Phi) is 8.33. The van der Waals surface area contributed by atoms with E-state index in [1.54, 1.807) is 21.7 Å². The number of aromatic nitrogens is 2. The van der Waals surface area contributed by atoms with Crippen molar-refractivity contribution in [2.75, 3.05) is 17.7 Å². The van der Waals surface area contributed by atoms with E-state index in [9.17, 15) is 18.0 Å². The van der Waals surface area contributed by atoms with Gasteiger partial charge in [-0.3, -0.25) is 19.2 Å². The quantitative estimate of drug-likeness (QED) is 0.354. The summed E-state index contributed by atoms with van der Waals surface area (Å²) in [6.07, 6.45) is 8.31. The lowest BCUT2D eigenvalue weighted by atomic mass is 9.93. The van der Waals surface area contributed by atoms with Gasteiger partial charge in [0.1, 0.15) is 0 Å². The molecule has 2 aromatic carbocycles. The summed E-state index contributed by atoms with van der Waals surface area (Å²) >= 11 is 6.37. The standard InChI is InChI=1S/C30H35ClN4O4S/c1-3-29(36)35(26-9-5-8-24(26)22-12-13-27(25(31)17-22)40(2,38)39)28-14-15-34(33-28)19-21-6-4-7-23(16-21)30(37)32-18-20-10-11-20/h4,6-7,12-17,20,24,26H,3,5,8-11,18-19H2,1-2H3,(H,32,37). The summed E-state index contributed by atoms with van der Waals surface area (Å²) in [6, 6.07) is 14.4. The van der Waals surface area contributed by atoms with Gasteiger partial charge in [0, 0.05) is 49.0 Å². The van der Waals surface area contributed by atoms with Crippen molar-refractivity contribution in [3.63, 3.8) is 0 Å². The Bertz CT molecular complexity index is 1520. The van der Waals surface area contributed by atoms with Crippen LogP contribution in [0.25, 0.3) is 0 Å². The lowest BCUT2D eigenvalue weighted by Gasteiger charge is -2.32. The van der Waals surface area contributed by atoms with Gasteiger partial charge in [0.05, 0.1) is 16.5 Å². The first-order valence-electron chi connectivity index (χ1n) is 13.9. The number of sulfone groups is 1. The number of hydrogen-bond donors (Lipinski definition) is 1. The third-order valence-electron chi connectivity index (χ3n) is 7.82. The van der Waals surface area contributed by atoms with Gasteiger partial charge in [-0.05, 0) is 67.0 Å². The molecule has 2 aliphatic rings. The second kappa shape index (κ2) is 11.7. The summed E-state index contributed by atoms with van der Waals surface area (Å²) in [5.41, 5.74) is 2.49. The van der Waals surface area contributed by atoms with Gasteiger partial charge in [-0.1, -0.05) is 43.1 Å². The molecule has 3 aromatic rings. The van der Waals surface area contributed by atoms with E-state index in [0.717, 1.165) is 43.2 Å². The Morgan fingerprint density at radius 2 is 1.90 bits per heavy atom. The molecule has 1 aromatic heterocycles. The number of rotatable bonds is 10. The monoisotopic (exact) mass is 582 g/mol. The average Bonchev–Trinajstić information content (AvgIpc) is 3.44. The predicted octanol–water partition coefficient (Wildman–Crippen LogP) is 5.21. The van der Waals surface area contributed by atoms with Gasteiger partial charge in [-0.25, -0.2) is 8.42 Å². The van der Waals surface area contributed by atoms with Crippen LogP contribution in [0.5, 0.6) is 0 Å². The van der Waals surface area contributed by atoms with Crippen LogP contribution in [0.4, 0.5) is 5.82 Å². The van der Waals surface area contributed by atoms with Gasteiger partial charge in [0.2, 0.25) is 5.91 Å². The summed E-state index contributed by atoms with van der Waals surface area (Å²) in [5, 5.41) is 7.98. The van der Waals surface area contributed by atoms with Crippen molar-refractivity contribution in [2.45, 2.75) is 68.8 Å². The molecule has 2 fully saturated rings. The first kappa shape index (κ1) is 28.4. The Morgan fingerprint density at radius 1 is 1.10 bits per heavy atom. The molecule has 5 rings (SSSR count). The maximum Gasteiger partial charge on any atom is 0.251 e. The van der Waals surface area contributed by atoms with E-state index in [0.29, 0.717) is 30.3 Å². The van der Waals surface area contributed by atoms with Crippen LogP contribution in [0.2, 0.25) is 5.02 Å². The van der Waals surface area contributed by atoms with Crippen LogP contribution >= 0.6 is 11.6 Å². The number of carbonyl (C=O) groups excluding carboxylic acids is 2. The molecule has 2 unspecified atom stereocenters. The summed E-state index contributed by atoms with van der Waals surface area (Å²) < 4.78 is 25.9. The molecule has 8 nitrogen and oxygen atoms in total. The molecular weight excluding hydrogens is 548 g/mol. The summed E-state index contributed by atoms with van der Waals surface area (Å²) in [6.45, 7) is 3.03. The minimum atomic E-state index is -3.43. The van der Waals surface area contributed by atoms with Crippen LogP contribution in [0, 0.1) is 5.92 Å². The van der Waals surface area contributed by atoms with Crippen LogP contribution in [0.3, 0.4) is 0 Å². The number of carbonyl (C=O) groups is 2. The Hall–Kier alpha value is -3.17. The molecule has 2 amide bonds. The van der Waals surface area contributed by atoms with Gasteiger partial charge in [0.15, 0.2) is 15.7 Å². The van der Waals surface area contributed by atoms with Crippen molar-refractivity contribution >= 4 is 39.1 Å². The van der Waals surface area contributed by atoms with E-state index < -0.39 is 9.84 Å². The van der Waals surface area contributed by atoms with Crippen LogP contribution in [-0.2, 0) is 21.2 Å². The van der Waals surface area contributed by atoms with Crippen LogP contribution in [0.15, 0.2) is 59.6 Å². The minimum Gasteiger partial charge on any atom is -0.352 e. The molecule has 1 N–H and O–H groups in total. The third kappa shape index (κ3) is 6.41. The van der Waals surface area contributed by atoms with Crippen molar-refractivity contribution in [3.05, 3.63) is 76.4 Å². The van der Waals surface area contributed by atoms with E-state index in [1.165, 1.54) is 12.8 Å². The molecular formula is C30H35ClN4O4S. The van der Waals surface area contributed by atoms with E-state index in [1.807, 2.05) is 49.5 Å². The zero-order valence-corrected chi connectivity index (χ0v) is 24.4. The second-order valence-electron chi connectivity index (χ2n) is 10.9. The van der Waals surface area contributed by atoms with Gasteiger partial charge in [0.25, 0.3) is 5.91 Å². The van der Waals surface area contributed by atoms with Gasteiger partial charge in [-0.15, -0.1) is 0 Å². The molecule has 2 atom stereocenters. The number of benzene rings is 2. The van der Waals surface area contributed by atoms with E-state index in [4.69, 9.17) is 16.7 Å². The largest absolute Gasteiger partial charge is 0.352 e. The van der Waals surface area contributed by atoms with Gasteiger partial charge in [-0.2, -0.15) is 5.10 Å². The van der Waals surface area contributed by atoms with Crippen LogP contribution in [-0.4, -0.2) is 48.9 Å². The van der Waals surface area contributed by atoms with Crippen LogP contribution in [0.1, 0.15) is 72.9 Å². The van der Waals surface area contributed by atoms with E-state index in [-0.39, 0.29) is 33.7 Å². The maximum atomic E-state index is 13.3. The molecule has 0 bridgehead atoms. The molecule has 0 spiro atoms. The van der Waals surface area contributed by atoms with Crippen molar-refractivity contribution < 1.29 is 18.0 Å². The number of anilines is 1. The molecule has 212 valence electrons. The third-order valence-corrected chi connectivity index (χ3v) is 9.40. The number of halogens is 1. The van der Waals surface area contributed by atoms with Gasteiger partial charge >= 0.3 is 0 Å². The van der Waals surface area contributed by atoms with Crippen LogP contribution < -0.4 is 10.2 Å². The van der Waals surface area contributed by atoms with E-state index >= 15 is 0 Å². The molecule has 0 radical (unpaired) electrons.